The maximum atomic E-state index is 12.5. The number of Topliss-reactive ketones (excluding diaryl/α,β-unsaturated/α-hetero) is 1. The molecule has 0 heterocycles. The molecule has 0 bridgehead atoms. The van der Waals surface area contributed by atoms with Gasteiger partial charge in [0.2, 0.25) is 8.32 Å². The van der Waals surface area contributed by atoms with E-state index >= 15 is 0 Å². The van der Waals surface area contributed by atoms with Gasteiger partial charge in [-0.2, -0.15) is 0 Å². The Hall–Kier alpha value is -1.87. The molecule has 0 aromatic heterocycles. The summed E-state index contributed by atoms with van der Waals surface area (Å²) in [5, 5.41) is 0.133. The molecule has 128 valence electrons. The van der Waals surface area contributed by atoms with Crippen LogP contribution in [0.5, 0.6) is 5.75 Å². The van der Waals surface area contributed by atoms with Gasteiger partial charge in [0.15, 0.2) is 0 Å². The van der Waals surface area contributed by atoms with E-state index in [1.54, 1.807) is 0 Å². The van der Waals surface area contributed by atoms with Gasteiger partial charge in [0.1, 0.15) is 11.5 Å². The Labute approximate surface area is 147 Å². The maximum Gasteiger partial charge on any atom is 0.250 e. The average Bonchev–Trinajstić information content (AvgIpc) is 2.49. The van der Waals surface area contributed by atoms with E-state index in [0.717, 1.165) is 16.9 Å². The van der Waals surface area contributed by atoms with Gasteiger partial charge in [-0.25, -0.2) is 0 Å². The van der Waals surface area contributed by atoms with Crippen molar-refractivity contribution in [1.82, 2.24) is 0 Å². The molecule has 0 N–H and O–H groups in total. The summed E-state index contributed by atoms with van der Waals surface area (Å²) in [6.45, 7) is 11.1. The molecule has 2 aromatic carbocycles. The van der Waals surface area contributed by atoms with Crippen LogP contribution in [0.1, 0.15) is 31.9 Å². The van der Waals surface area contributed by atoms with Crippen molar-refractivity contribution >= 4 is 14.1 Å². The number of hydrogen-bond acceptors (Lipinski definition) is 2. The van der Waals surface area contributed by atoms with Crippen molar-refractivity contribution in [1.29, 1.82) is 0 Å². The summed E-state index contributed by atoms with van der Waals surface area (Å²) < 4.78 is 6.44. The number of carbonyl (C=O) groups is 1. The van der Waals surface area contributed by atoms with E-state index in [4.69, 9.17) is 4.43 Å². The molecule has 2 aromatic rings. The Morgan fingerprint density at radius 1 is 0.917 bits per heavy atom. The monoisotopic (exact) mass is 340 g/mol. The van der Waals surface area contributed by atoms with Crippen molar-refractivity contribution in [2.75, 3.05) is 0 Å². The topological polar surface area (TPSA) is 26.3 Å². The van der Waals surface area contributed by atoms with E-state index in [1.165, 1.54) is 0 Å². The van der Waals surface area contributed by atoms with Gasteiger partial charge >= 0.3 is 0 Å². The van der Waals surface area contributed by atoms with Crippen LogP contribution in [-0.4, -0.2) is 14.1 Å². The van der Waals surface area contributed by atoms with Gasteiger partial charge in [-0.3, -0.25) is 4.79 Å². The van der Waals surface area contributed by atoms with E-state index in [1.807, 2.05) is 54.6 Å². The van der Waals surface area contributed by atoms with E-state index in [-0.39, 0.29) is 10.8 Å². The van der Waals surface area contributed by atoms with Crippen molar-refractivity contribution in [2.45, 2.75) is 51.7 Å². The third-order valence-electron chi connectivity index (χ3n) is 4.78. The van der Waals surface area contributed by atoms with Crippen molar-refractivity contribution in [3.05, 3.63) is 65.7 Å². The number of carbonyl (C=O) groups excluding carboxylic acids is 1. The van der Waals surface area contributed by atoms with Crippen LogP contribution < -0.4 is 4.43 Å². The number of hydrogen-bond donors (Lipinski definition) is 0. The lowest BCUT2D eigenvalue weighted by atomic mass is 10.0. The molecule has 2 nitrogen and oxygen atoms in total. The van der Waals surface area contributed by atoms with Crippen LogP contribution in [0.25, 0.3) is 0 Å². The van der Waals surface area contributed by atoms with Crippen molar-refractivity contribution in [3.8, 4) is 5.75 Å². The van der Waals surface area contributed by atoms with Crippen LogP contribution in [0.2, 0.25) is 18.1 Å². The molecule has 0 amide bonds. The minimum Gasteiger partial charge on any atom is -0.543 e. The standard InChI is InChI=1S/C21H28O2Si/c1-21(2,3)24(4,5)23-20-14-10-9-13-18(20)16-19(22)15-17-11-7-6-8-12-17/h6-14H,15-16H2,1-5H3. The number of ketones is 1. The third-order valence-corrected chi connectivity index (χ3v) is 9.12. The minimum absolute atomic E-state index is 0.133. The number of benzene rings is 2. The summed E-state index contributed by atoms with van der Waals surface area (Å²) in [6.07, 6.45) is 0.884. The van der Waals surface area contributed by atoms with Crippen LogP contribution in [-0.2, 0) is 17.6 Å². The lowest BCUT2D eigenvalue weighted by Crippen LogP contribution is -2.44. The molecular weight excluding hydrogens is 312 g/mol. The zero-order chi connectivity index (χ0) is 17.8. The highest BCUT2D eigenvalue weighted by atomic mass is 28.4. The Morgan fingerprint density at radius 3 is 2.12 bits per heavy atom. The van der Waals surface area contributed by atoms with E-state index in [9.17, 15) is 4.79 Å². The highest BCUT2D eigenvalue weighted by molar-refractivity contribution is 6.74. The van der Waals surface area contributed by atoms with E-state index < -0.39 is 8.32 Å². The van der Waals surface area contributed by atoms with Crippen LogP contribution in [0.3, 0.4) is 0 Å². The molecule has 0 aliphatic carbocycles. The molecule has 0 fully saturated rings. The summed E-state index contributed by atoms with van der Waals surface area (Å²) in [7, 11) is -1.91. The number of rotatable bonds is 6. The SMILES string of the molecule is CC(C)(C)[Si](C)(C)Oc1ccccc1CC(=O)Cc1ccccc1. The molecule has 0 radical (unpaired) electrons. The van der Waals surface area contributed by atoms with Gasteiger partial charge in [-0.05, 0) is 29.8 Å². The lowest BCUT2D eigenvalue weighted by Gasteiger charge is -2.37. The summed E-state index contributed by atoms with van der Waals surface area (Å²) in [6, 6.07) is 17.9. The van der Waals surface area contributed by atoms with Crippen LogP contribution in [0.15, 0.2) is 54.6 Å². The van der Waals surface area contributed by atoms with E-state index in [2.05, 4.69) is 33.9 Å². The fraction of sp³-hybridized carbons (Fsp3) is 0.381. The van der Waals surface area contributed by atoms with Crippen molar-refractivity contribution < 1.29 is 9.22 Å². The fourth-order valence-electron chi connectivity index (χ4n) is 2.28. The van der Waals surface area contributed by atoms with Gasteiger partial charge < -0.3 is 4.43 Å². The van der Waals surface area contributed by atoms with Crippen LogP contribution in [0.4, 0.5) is 0 Å². The molecular formula is C21H28O2Si. The van der Waals surface area contributed by atoms with Gasteiger partial charge in [0.05, 0.1) is 0 Å². The first-order valence-corrected chi connectivity index (χ1v) is 11.4. The summed E-state index contributed by atoms with van der Waals surface area (Å²) in [5.74, 6) is 1.08. The molecule has 0 atom stereocenters. The van der Waals surface area contributed by atoms with Crippen LogP contribution >= 0.6 is 0 Å². The first-order valence-electron chi connectivity index (χ1n) is 8.51. The second-order valence-corrected chi connectivity index (χ2v) is 12.6. The Balaban J connectivity index is 2.13. The summed E-state index contributed by atoms with van der Waals surface area (Å²) in [5.41, 5.74) is 2.05. The minimum atomic E-state index is -1.91. The highest BCUT2D eigenvalue weighted by Crippen LogP contribution is 2.38. The smallest absolute Gasteiger partial charge is 0.250 e. The molecule has 0 aliphatic heterocycles. The van der Waals surface area contributed by atoms with Crippen molar-refractivity contribution in [3.63, 3.8) is 0 Å². The molecule has 0 unspecified atom stereocenters. The Bertz CT molecular complexity index is 684. The largest absolute Gasteiger partial charge is 0.543 e. The van der Waals surface area contributed by atoms with E-state index in [0.29, 0.717) is 12.8 Å². The van der Waals surface area contributed by atoms with Crippen molar-refractivity contribution in [2.24, 2.45) is 0 Å². The zero-order valence-corrected chi connectivity index (χ0v) is 16.4. The van der Waals surface area contributed by atoms with Gasteiger partial charge in [0, 0.05) is 18.4 Å². The molecule has 0 saturated carbocycles. The fourth-order valence-corrected chi connectivity index (χ4v) is 3.33. The first kappa shape index (κ1) is 18.5. The highest BCUT2D eigenvalue weighted by Gasteiger charge is 2.39. The van der Waals surface area contributed by atoms with Gasteiger partial charge in [0.25, 0.3) is 0 Å². The molecule has 3 heteroatoms. The maximum absolute atomic E-state index is 12.5. The quantitative estimate of drug-likeness (QED) is 0.656. The summed E-state index contributed by atoms with van der Waals surface area (Å²) in [4.78, 5) is 12.5. The zero-order valence-electron chi connectivity index (χ0n) is 15.4. The molecule has 0 spiro atoms. The first-order chi connectivity index (χ1) is 11.2. The number of para-hydroxylation sites is 1. The van der Waals surface area contributed by atoms with Gasteiger partial charge in [-0.15, -0.1) is 0 Å². The lowest BCUT2D eigenvalue weighted by molar-refractivity contribution is -0.117. The Morgan fingerprint density at radius 2 is 1.50 bits per heavy atom. The predicted octanol–water partition coefficient (Wildman–Crippen LogP) is 5.42. The second-order valence-electron chi connectivity index (χ2n) is 7.85. The molecule has 0 aliphatic rings. The predicted molar refractivity (Wildman–Crippen MR) is 103 cm³/mol. The normalized spacial score (nSPS) is 12.0. The second kappa shape index (κ2) is 7.35. The Kier molecular flexibility index (Phi) is 5.65. The summed E-state index contributed by atoms with van der Waals surface area (Å²) >= 11 is 0. The molecule has 0 saturated heterocycles. The molecule has 2 rings (SSSR count). The molecule has 24 heavy (non-hydrogen) atoms. The average molecular weight is 341 g/mol. The van der Waals surface area contributed by atoms with Gasteiger partial charge in [-0.1, -0.05) is 69.3 Å². The van der Waals surface area contributed by atoms with Crippen LogP contribution in [0, 0.1) is 0 Å². The third kappa shape index (κ3) is 4.81.